The van der Waals surface area contributed by atoms with Gasteiger partial charge in [0, 0.05) is 30.6 Å². The minimum atomic E-state index is -4.59. The summed E-state index contributed by atoms with van der Waals surface area (Å²) in [6, 6.07) is 5.50. The first-order valence-electron chi connectivity index (χ1n) is 12.3. The number of fused-ring (bicyclic) bond motifs is 3. The summed E-state index contributed by atoms with van der Waals surface area (Å²) in [5.74, 6) is 1.20. The first kappa shape index (κ1) is 27.5. The van der Waals surface area contributed by atoms with Crippen molar-refractivity contribution >= 4 is 17.4 Å². The molecule has 2 aliphatic rings. The Morgan fingerprint density at radius 3 is 2.36 bits per heavy atom. The zero-order valence-corrected chi connectivity index (χ0v) is 21.8. The topological polar surface area (TPSA) is 59.3 Å². The first-order valence-corrected chi connectivity index (χ1v) is 12.7. The van der Waals surface area contributed by atoms with Gasteiger partial charge in [0.25, 0.3) is 0 Å². The molecule has 0 amide bonds. The van der Waals surface area contributed by atoms with Gasteiger partial charge in [-0.25, -0.2) is 4.98 Å². The summed E-state index contributed by atoms with van der Waals surface area (Å²) in [5, 5.41) is 9.06. The molecular weight excluding hydrogens is 550 g/mol. The van der Waals surface area contributed by atoms with E-state index in [1.165, 1.54) is 18.1 Å². The molecule has 0 radical (unpaired) electrons. The van der Waals surface area contributed by atoms with Gasteiger partial charge in [0.1, 0.15) is 17.6 Å². The van der Waals surface area contributed by atoms with Crippen LogP contribution in [0.3, 0.4) is 0 Å². The molecule has 14 heteroatoms. The van der Waals surface area contributed by atoms with Crippen molar-refractivity contribution in [1.82, 2.24) is 24.6 Å². The molecule has 1 aromatic carbocycles. The number of pyridine rings is 1. The number of hydrogen-bond donors (Lipinski definition) is 0. The van der Waals surface area contributed by atoms with E-state index in [2.05, 4.69) is 15.2 Å². The highest BCUT2D eigenvalue weighted by atomic mass is 35.5. The summed E-state index contributed by atoms with van der Waals surface area (Å²) in [7, 11) is 1.37. The summed E-state index contributed by atoms with van der Waals surface area (Å²) in [6.07, 6.45) is -7.98. The Balaban J connectivity index is 1.44. The van der Waals surface area contributed by atoms with Crippen LogP contribution in [0.2, 0.25) is 5.02 Å². The number of anilines is 1. The molecule has 2 aromatic heterocycles. The van der Waals surface area contributed by atoms with E-state index in [-0.39, 0.29) is 30.6 Å². The van der Waals surface area contributed by atoms with Crippen molar-refractivity contribution in [3.05, 3.63) is 58.3 Å². The second-order valence-electron chi connectivity index (χ2n) is 9.69. The fraction of sp³-hybridized carbons (Fsp3) is 0.480. The second kappa shape index (κ2) is 10.2. The van der Waals surface area contributed by atoms with Crippen LogP contribution in [0, 0.1) is 0 Å². The maximum atomic E-state index is 13.6. The largest absolute Gasteiger partial charge is 0.493 e. The van der Waals surface area contributed by atoms with Crippen LogP contribution in [-0.4, -0.2) is 57.1 Å². The van der Waals surface area contributed by atoms with Crippen LogP contribution in [0.15, 0.2) is 30.3 Å². The normalized spacial score (nSPS) is 17.9. The Morgan fingerprint density at radius 1 is 1.00 bits per heavy atom. The number of nitrogens with zero attached hydrogens (tertiary/aromatic N) is 6. The highest BCUT2D eigenvalue weighted by molar-refractivity contribution is 6.30. The molecule has 2 aliphatic heterocycles. The van der Waals surface area contributed by atoms with E-state index in [1.807, 2.05) is 0 Å². The van der Waals surface area contributed by atoms with Crippen LogP contribution >= 0.6 is 11.6 Å². The molecule has 1 saturated heterocycles. The molecule has 1 unspecified atom stereocenters. The summed E-state index contributed by atoms with van der Waals surface area (Å²) < 4.78 is 87.8. The van der Waals surface area contributed by atoms with E-state index in [9.17, 15) is 26.3 Å². The summed E-state index contributed by atoms with van der Waals surface area (Å²) in [6.45, 7) is 1.83. The van der Waals surface area contributed by atoms with Gasteiger partial charge in [-0.05, 0) is 55.7 Å². The minimum Gasteiger partial charge on any atom is -0.493 e. The molecule has 3 aromatic rings. The van der Waals surface area contributed by atoms with Crippen LogP contribution in [0.5, 0.6) is 5.75 Å². The number of halogens is 7. The third-order valence-corrected chi connectivity index (χ3v) is 7.52. The molecule has 0 spiro atoms. The third kappa shape index (κ3) is 5.38. The highest BCUT2D eigenvalue weighted by Crippen LogP contribution is 2.39. The van der Waals surface area contributed by atoms with Crippen molar-refractivity contribution in [2.45, 2.75) is 57.2 Å². The number of piperidine rings is 1. The molecule has 7 nitrogen and oxygen atoms in total. The highest BCUT2D eigenvalue weighted by Gasteiger charge is 2.42. The molecule has 0 bridgehead atoms. The number of rotatable bonds is 4. The molecule has 5 rings (SSSR count). The minimum absolute atomic E-state index is 0.0266. The average Bonchev–Trinajstić information content (AvgIpc) is 3.22. The van der Waals surface area contributed by atoms with Crippen molar-refractivity contribution < 1.29 is 31.1 Å². The lowest BCUT2D eigenvalue weighted by atomic mass is 9.95. The average molecular weight is 575 g/mol. The van der Waals surface area contributed by atoms with E-state index < -0.39 is 24.1 Å². The van der Waals surface area contributed by atoms with Gasteiger partial charge < -0.3 is 9.64 Å². The predicted octanol–water partition coefficient (Wildman–Crippen LogP) is 5.99. The van der Waals surface area contributed by atoms with Crippen molar-refractivity contribution in [1.29, 1.82) is 0 Å². The second-order valence-corrected chi connectivity index (χ2v) is 10.1. The molecule has 39 heavy (non-hydrogen) atoms. The zero-order valence-electron chi connectivity index (χ0n) is 21.0. The Morgan fingerprint density at radius 2 is 1.72 bits per heavy atom. The van der Waals surface area contributed by atoms with E-state index in [0.29, 0.717) is 53.9 Å². The number of ether oxygens (including phenoxy) is 1. The maximum absolute atomic E-state index is 13.6. The number of benzene rings is 1. The van der Waals surface area contributed by atoms with Crippen LogP contribution in [0.25, 0.3) is 5.69 Å². The maximum Gasteiger partial charge on any atom is 0.433 e. The lowest BCUT2D eigenvalue weighted by Crippen LogP contribution is -2.42. The van der Waals surface area contributed by atoms with E-state index in [4.69, 9.17) is 16.3 Å². The molecule has 0 saturated carbocycles. The number of alkyl halides is 6. The molecule has 1 fully saturated rings. The van der Waals surface area contributed by atoms with Crippen molar-refractivity contribution in [3.63, 3.8) is 0 Å². The standard InChI is InChI=1S/C25H25ClF6N6O/c1-14(24(27,28)29)37-12-16-11-17(26)3-4-18(16)38-21(13-37)34-35-22(38)15-7-9-36(10-8-15)23-19(39-2)5-6-20(33-23)25(30,31)32/h3-6,11,14-15H,7-10,12-13H2,1-2H3. The molecule has 1 atom stereocenters. The first-order chi connectivity index (χ1) is 18.4. The summed E-state index contributed by atoms with van der Waals surface area (Å²) >= 11 is 6.20. The Hall–Kier alpha value is -3.06. The van der Waals surface area contributed by atoms with E-state index >= 15 is 0 Å². The fourth-order valence-electron chi connectivity index (χ4n) is 5.12. The molecule has 4 heterocycles. The van der Waals surface area contributed by atoms with Gasteiger partial charge in [-0.15, -0.1) is 10.2 Å². The Kier molecular flexibility index (Phi) is 7.17. The fourth-order valence-corrected chi connectivity index (χ4v) is 5.32. The van der Waals surface area contributed by atoms with Gasteiger partial charge in [0.2, 0.25) is 0 Å². The Bertz CT molecular complexity index is 1350. The lowest BCUT2D eigenvalue weighted by molar-refractivity contribution is -0.182. The van der Waals surface area contributed by atoms with E-state index in [1.54, 1.807) is 27.7 Å². The number of aromatic nitrogens is 4. The van der Waals surface area contributed by atoms with E-state index in [0.717, 1.165) is 13.0 Å². The van der Waals surface area contributed by atoms with Gasteiger partial charge in [0.15, 0.2) is 17.4 Å². The van der Waals surface area contributed by atoms with Gasteiger partial charge in [-0.2, -0.15) is 26.3 Å². The molecule has 0 aliphatic carbocycles. The van der Waals surface area contributed by atoms with Crippen molar-refractivity contribution in [3.8, 4) is 11.4 Å². The smallest absolute Gasteiger partial charge is 0.433 e. The zero-order chi connectivity index (χ0) is 28.1. The van der Waals surface area contributed by atoms with Crippen LogP contribution in [-0.2, 0) is 19.3 Å². The van der Waals surface area contributed by atoms with Gasteiger partial charge >= 0.3 is 12.4 Å². The van der Waals surface area contributed by atoms with Crippen molar-refractivity contribution in [2.75, 3.05) is 25.1 Å². The number of methoxy groups -OCH3 is 1. The monoisotopic (exact) mass is 574 g/mol. The number of hydrogen-bond acceptors (Lipinski definition) is 6. The molecular formula is C25H25ClF6N6O. The van der Waals surface area contributed by atoms with Gasteiger partial charge in [-0.1, -0.05) is 11.6 Å². The lowest BCUT2D eigenvalue weighted by Gasteiger charge is -2.33. The van der Waals surface area contributed by atoms with Gasteiger partial charge in [0.05, 0.1) is 19.3 Å². The SMILES string of the molecule is COc1ccc(C(F)(F)F)nc1N1CCC(c2nnc3n2-c2ccc(Cl)cc2CN(C(C)C(F)(F)F)C3)CC1. The summed E-state index contributed by atoms with van der Waals surface area (Å²) in [5.41, 5.74) is 0.278. The summed E-state index contributed by atoms with van der Waals surface area (Å²) in [4.78, 5) is 6.86. The molecule has 0 N–H and O–H groups in total. The third-order valence-electron chi connectivity index (χ3n) is 7.29. The Labute approximate surface area is 225 Å². The van der Waals surface area contributed by atoms with Crippen LogP contribution < -0.4 is 9.64 Å². The van der Waals surface area contributed by atoms with Gasteiger partial charge in [-0.3, -0.25) is 9.47 Å². The molecule has 210 valence electrons. The quantitative estimate of drug-likeness (QED) is 0.357. The predicted molar refractivity (Wildman–Crippen MR) is 131 cm³/mol. The van der Waals surface area contributed by atoms with Crippen LogP contribution in [0.4, 0.5) is 32.2 Å². The van der Waals surface area contributed by atoms with Crippen LogP contribution in [0.1, 0.15) is 48.6 Å². The van der Waals surface area contributed by atoms with Crippen molar-refractivity contribution in [2.24, 2.45) is 0 Å².